The first-order valence-electron chi connectivity index (χ1n) is 6.24. The Labute approximate surface area is 95.2 Å². The number of methoxy groups -OCH3 is 1. The molecule has 4 rings (SSSR count). The van der Waals surface area contributed by atoms with Gasteiger partial charge in [0.1, 0.15) is 5.60 Å². The Kier molecular flexibility index (Phi) is 1.72. The van der Waals surface area contributed by atoms with E-state index in [4.69, 9.17) is 18.9 Å². The Morgan fingerprint density at radius 3 is 2.69 bits per heavy atom. The van der Waals surface area contributed by atoms with Crippen LogP contribution in [0.2, 0.25) is 0 Å². The van der Waals surface area contributed by atoms with E-state index in [1.165, 1.54) is 0 Å². The topological polar surface area (TPSA) is 40.2 Å². The van der Waals surface area contributed by atoms with Crippen LogP contribution in [0.1, 0.15) is 19.8 Å². The van der Waals surface area contributed by atoms with Gasteiger partial charge in [0.25, 0.3) is 0 Å². The van der Waals surface area contributed by atoms with Crippen LogP contribution >= 0.6 is 0 Å². The zero-order valence-electron chi connectivity index (χ0n) is 9.77. The molecule has 0 aromatic carbocycles. The average Bonchev–Trinajstić information content (AvgIpc) is 2.88. The van der Waals surface area contributed by atoms with E-state index >= 15 is 0 Å². The second-order valence-corrected chi connectivity index (χ2v) is 5.45. The Hall–Kier alpha value is -0.160. The van der Waals surface area contributed by atoms with Gasteiger partial charge < -0.3 is 18.9 Å². The van der Waals surface area contributed by atoms with E-state index in [1.54, 1.807) is 7.11 Å². The third-order valence-corrected chi connectivity index (χ3v) is 5.12. The molecule has 2 aliphatic heterocycles. The van der Waals surface area contributed by atoms with Gasteiger partial charge in [-0.3, -0.25) is 0 Å². The minimum absolute atomic E-state index is 0.249. The van der Waals surface area contributed by atoms with Crippen molar-refractivity contribution in [2.45, 2.75) is 43.4 Å². The van der Waals surface area contributed by atoms with Crippen molar-refractivity contribution in [2.24, 2.45) is 11.8 Å². The molecular formula is C12H18O4. The van der Waals surface area contributed by atoms with Crippen LogP contribution in [-0.2, 0) is 18.9 Å². The first kappa shape index (κ1) is 9.83. The molecule has 2 aliphatic carbocycles. The normalized spacial score (nSPS) is 56.6. The van der Waals surface area contributed by atoms with Crippen molar-refractivity contribution in [2.75, 3.05) is 20.3 Å². The maximum absolute atomic E-state index is 5.92. The minimum Gasteiger partial charge on any atom is -0.372 e. The van der Waals surface area contributed by atoms with Crippen LogP contribution in [0.5, 0.6) is 0 Å². The van der Waals surface area contributed by atoms with E-state index in [2.05, 4.69) is 6.92 Å². The number of hydrogen-bond donors (Lipinski definition) is 0. The van der Waals surface area contributed by atoms with E-state index in [1.807, 2.05) is 0 Å². The van der Waals surface area contributed by atoms with Crippen molar-refractivity contribution in [1.82, 2.24) is 0 Å². The maximum atomic E-state index is 5.92. The molecule has 0 amide bonds. The van der Waals surface area contributed by atoms with E-state index in [0.717, 1.165) is 12.8 Å². The second-order valence-electron chi connectivity index (χ2n) is 5.45. The molecule has 2 saturated carbocycles. The molecule has 4 aliphatic rings. The van der Waals surface area contributed by atoms with Gasteiger partial charge in [-0.25, -0.2) is 0 Å². The van der Waals surface area contributed by atoms with Gasteiger partial charge in [0.15, 0.2) is 0 Å². The van der Waals surface area contributed by atoms with Gasteiger partial charge in [-0.05, 0) is 12.8 Å². The Bertz CT molecular complexity index is 325. The molecule has 4 nitrogen and oxygen atoms in total. The highest BCUT2D eigenvalue weighted by Gasteiger charge is 2.80. The third kappa shape index (κ3) is 0.817. The van der Waals surface area contributed by atoms with Gasteiger partial charge in [0.2, 0.25) is 5.79 Å². The lowest BCUT2D eigenvalue weighted by molar-refractivity contribution is -0.401. The van der Waals surface area contributed by atoms with Crippen molar-refractivity contribution in [3.8, 4) is 0 Å². The highest BCUT2D eigenvalue weighted by molar-refractivity contribution is 5.24. The van der Waals surface area contributed by atoms with Crippen LogP contribution in [0.4, 0.5) is 0 Å². The third-order valence-electron chi connectivity index (χ3n) is 5.12. The smallest absolute Gasteiger partial charge is 0.201 e. The van der Waals surface area contributed by atoms with E-state index in [-0.39, 0.29) is 5.60 Å². The SMILES string of the molecule is COC12CCC3OC3C1C(C)C21OCCO1. The highest BCUT2D eigenvalue weighted by atomic mass is 16.8. The second kappa shape index (κ2) is 2.80. The molecule has 90 valence electrons. The highest BCUT2D eigenvalue weighted by Crippen LogP contribution is 2.67. The van der Waals surface area contributed by atoms with Crippen LogP contribution in [0.3, 0.4) is 0 Å². The molecule has 0 aromatic heterocycles. The van der Waals surface area contributed by atoms with Gasteiger partial charge >= 0.3 is 0 Å². The number of fused-ring (bicyclic) bond motifs is 4. The van der Waals surface area contributed by atoms with E-state index in [0.29, 0.717) is 37.3 Å². The fourth-order valence-corrected chi connectivity index (χ4v) is 4.43. The standard InChI is InChI=1S/C12H18O4/c1-7-9-10-8(16-10)3-4-11(9,13-2)12(7)14-5-6-15-12/h7-10H,3-6H2,1-2H3. The predicted octanol–water partition coefficient (Wildman–Crippen LogP) is 0.942. The molecular weight excluding hydrogens is 208 g/mol. The zero-order valence-corrected chi connectivity index (χ0v) is 9.77. The molecule has 5 unspecified atom stereocenters. The van der Waals surface area contributed by atoms with Crippen LogP contribution < -0.4 is 0 Å². The van der Waals surface area contributed by atoms with Crippen LogP contribution in [0.15, 0.2) is 0 Å². The number of rotatable bonds is 1. The first-order valence-corrected chi connectivity index (χ1v) is 6.24. The van der Waals surface area contributed by atoms with E-state index in [9.17, 15) is 0 Å². The van der Waals surface area contributed by atoms with Crippen LogP contribution in [-0.4, -0.2) is 43.9 Å². The number of hydrogen-bond acceptors (Lipinski definition) is 4. The molecule has 0 N–H and O–H groups in total. The summed E-state index contributed by atoms with van der Waals surface area (Å²) in [6.45, 7) is 3.59. The van der Waals surface area contributed by atoms with Gasteiger partial charge in [0, 0.05) is 18.9 Å². The van der Waals surface area contributed by atoms with Crippen LogP contribution in [0, 0.1) is 11.8 Å². The molecule has 2 heterocycles. The van der Waals surface area contributed by atoms with Crippen molar-refractivity contribution in [3.63, 3.8) is 0 Å². The minimum atomic E-state index is -0.483. The first-order chi connectivity index (χ1) is 7.75. The summed E-state index contributed by atoms with van der Waals surface area (Å²) in [5.74, 6) is 0.350. The summed E-state index contributed by atoms with van der Waals surface area (Å²) in [4.78, 5) is 0. The summed E-state index contributed by atoms with van der Waals surface area (Å²) >= 11 is 0. The fraction of sp³-hybridized carbons (Fsp3) is 1.00. The molecule has 2 saturated heterocycles. The van der Waals surface area contributed by atoms with Crippen LogP contribution in [0.25, 0.3) is 0 Å². The molecule has 4 fully saturated rings. The molecule has 0 bridgehead atoms. The molecule has 5 atom stereocenters. The summed E-state index contributed by atoms with van der Waals surface area (Å²) in [6.07, 6.45) is 2.95. The van der Waals surface area contributed by atoms with Crippen molar-refractivity contribution < 1.29 is 18.9 Å². The molecule has 0 radical (unpaired) electrons. The summed E-state index contributed by atoms with van der Waals surface area (Å²) in [5, 5.41) is 0. The zero-order chi connectivity index (χ0) is 11.0. The van der Waals surface area contributed by atoms with Crippen molar-refractivity contribution >= 4 is 0 Å². The monoisotopic (exact) mass is 226 g/mol. The van der Waals surface area contributed by atoms with Gasteiger partial charge in [-0.1, -0.05) is 6.92 Å². The Morgan fingerprint density at radius 2 is 2.00 bits per heavy atom. The van der Waals surface area contributed by atoms with Gasteiger partial charge in [0.05, 0.1) is 25.4 Å². The molecule has 0 aromatic rings. The van der Waals surface area contributed by atoms with E-state index < -0.39 is 5.79 Å². The van der Waals surface area contributed by atoms with Crippen molar-refractivity contribution in [3.05, 3.63) is 0 Å². The summed E-state index contributed by atoms with van der Waals surface area (Å²) in [5.41, 5.74) is -0.249. The predicted molar refractivity (Wildman–Crippen MR) is 54.9 cm³/mol. The van der Waals surface area contributed by atoms with Crippen molar-refractivity contribution in [1.29, 1.82) is 0 Å². The summed E-state index contributed by atoms with van der Waals surface area (Å²) in [7, 11) is 1.79. The summed E-state index contributed by atoms with van der Waals surface area (Å²) < 4.78 is 23.4. The van der Waals surface area contributed by atoms with Gasteiger partial charge in [-0.15, -0.1) is 0 Å². The summed E-state index contributed by atoms with van der Waals surface area (Å²) in [6, 6.07) is 0. The fourth-order valence-electron chi connectivity index (χ4n) is 4.43. The molecule has 16 heavy (non-hydrogen) atoms. The quantitative estimate of drug-likeness (QED) is 0.624. The molecule has 4 heteroatoms. The molecule has 1 spiro atoms. The Morgan fingerprint density at radius 1 is 1.25 bits per heavy atom. The maximum Gasteiger partial charge on any atom is 0.201 e. The largest absolute Gasteiger partial charge is 0.372 e. The number of epoxide rings is 1. The number of ether oxygens (including phenoxy) is 4. The lowest BCUT2D eigenvalue weighted by Crippen LogP contribution is -2.78. The lowest BCUT2D eigenvalue weighted by atomic mass is 9.51. The average molecular weight is 226 g/mol. The Balaban J connectivity index is 1.74. The lowest BCUT2D eigenvalue weighted by Gasteiger charge is -2.64. The van der Waals surface area contributed by atoms with Gasteiger partial charge in [-0.2, -0.15) is 0 Å².